The van der Waals surface area contributed by atoms with E-state index in [1.807, 2.05) is 0 Å². The molecule has 2 nitrogen and oxygen atoms in total. The lowest BCUT2D eigenvalue weighted by Crippen LogP contribution is -2.16. The number of nitrogens with zero attached hydrogens (tertiary/aromatic N) is 2. The van der Waals surface area contributed by atoms with Crippen LogP contribution in [0, 0.1) is 0 Å². The number of fused-ring (bicyclic) bond motifs is 5. The first-order valence-corrected chi connectivity index (χ1v) is 21.9. The molecule has 0 saturated carbocycles. The maximum absolute atomic E-state index is 5.33. The molecule has 0 amide bonds. The summed E-state index contributed by atoms with van der Waals surface area (Å²) < 4.78 is 0. The van der Waals surface area contributed by atoms with Crippen molar-refractivity contribution in [1.29, 1.82) is 0 Å². The number of anilines is 3. The fourth-order valence-corrected chi connectivity index (χ4v) is 9.90. The number of para-hydroxylation sites is 1. The number of hydrogen-bond acceptors (Lipinski definition) is 2. The molecule has 0 unspecified atom stereocenters. The van der Waals surface area contributed by atoms with Crippen LogP contribution in [0.15, 0.2) is 236 Å². The summed E-state index contributed by atoms with van der Waals surface area (Å²) in [5.74, 6) is 0. The molecule has 0 bridgehead atoms. The van der Waals surface area contributed by atoms with Crippen LogP contribution in [0.4, 0.5) is 17.1 Å². The summed E-state index contributed by atoms with van der Waals surface area (Å²) in [4.78, 5) is 7.76. The summed E-state index contributed by atoms with van der Waals surface area (Å²) in [5.41, 5.74) is 17.8. The fraction of sp³-hybridized carbons (Fsp3) is 0.0656. The molecule has 0 heterocycles. The van der Waals surface area contributed by atoms with Crippen LogP contribution in [0.5, 0.6) is 0 Å². The lowest BCUT2D eigenvalue weighted by Gasteiger charge is -2.29. The van der Waals surface area contributed by atoms with Crippen molar-refractivity contribution in [3.63, 3.8) is 0 Å². The van der Waals surface area contributed by atoms with E-state index in [0.717, 1.165) is 39.5 Å². The highest BCUT2D eigenvalue weighted by Crippen LogP contribution is 2.51. The normalized spacial score (nSPS) is 12.5. The van der Waals surface area contributed by atoms with Crippen molar-refractivity contribution < 1.29 is 0 Å². The van der Waals surface area contributed by atoms with Gasteiger partial charge in [-0.3, -0.25) is 4.99 Å². The van der Waals surface area contributed by atoms with Gasteiger partial charge in [-0.25, -0.2) is 0 Å². The van der Waals surface area contributed by atoms with Crippen molar-refractivity contribution in [3.8, 4) is 33.4 Å². The lowest BCUT2D eigenvalue weighted by molar-refractivity contribution is 0.660. The van der Waals surface area contributed by atoms with Crippen LogP contribution in [-0.2, 0) is 12.0 Å². The lowest BCUT2D eigenvalue weighted by atomic mass is 9.82. The highest BCUT2D eigenvalue weighted by atomic mass is 15.1. The predicted molar refractivity (Wildman–Crippen MR) is 267 cm³/mol. The Kier molecular flexibility index (Phi) is 9.63. The van der Waals surface area contributed by atoms with E-state index in [1.54, 1.807) is 0 Å². The molecule has 0 atom stereocenters. The van der Waals surface area contributed by atoms with Gasteiger partial charge in [0.1, 0.15) is 0 Å². The average molecular weight is 807 g/mol. The highest BCUT2D eigenvalue weighted by Gasteiger charge is 2.35. The number of benzene rings is 10. The largest absolute Gasteiger partial charge is 0.310 e. The van der Waals surface area contributed by atoms with E-state index in [4.69, 9.17) is 4.99 Å². The Morgan fingerprint density at radius 3 is 1.49 bits per heavy atom. The number of rotatable bonds is 9. The third-order valence-corrected chi connectivity index (χ3v) is 12.9. The molecule has 0 spiro atoms. The van der Waals surface area contributed by atoms with Gasteiger partial charge in [-0.15, -0.1) is 0 Å². The summed E-state index contributed by atoms with van der Waals surface area (Å²) in [6.45, 7) is 5.27. The van der Waals surface area contributed by atoms with Gasteiger partial charge in [-0.2, -0.15) is 0 Å². The molecule has 0 aromatic heterocycles. The van der Waals surface area contributed by atoms with Gasteiger partial charge in [0.15, 0.2) is 0 Å². The van der Waals surface area contributed by atoms with Crippen molar-refractivity contribution >= 4 is 44.3 Å². The van der Waals surface area contributed by atoms with Gasteiger partial charge >= 0.3 is 0 Å². The molecule has 10 aromatic carbocycles. The Bertz CT molecular complexity index is 3260. The zero-order valence-corrected chi connectivity index (χ0v) is 35.5. The van der Waals surface area contributed by atoms with Crippen LogP contribution >= 0.6 is 0 Å². The van der Waals surface area contributed by atoms with Gasteiger partial charge in [-0.1, -0.05) is 202 Å². The Balaban J connectivity index is 1.13. The van der Waals surface area contributed by atoms with Gasteiger partial charge in [0, 0.05) is 33.6 Å². The average Bonchev–Trinajstić information content (AvgIpc) is 3.57. The van der Waals surface area contributed by atoms with Gasteiger partial charge in [0.25, 0.3) is 0 Å². The minimum absolute atomic E-state index is 0.119. The number of aliphatic imine (C=N–C) groups is 1. The van der Waals surface area contributed by atoms with E-state index >= 15 is 0 Å². The second-order valence-electron chi connectivity index (χ2n) is 17.1. The van der Waals surface area contributed by atoms with E-state index in [9.17, 15) is 0 Å². The summed E-state index contributed by atoms with van der Waals surface area (Å²) in [6.07, 6.45) is 0. The minimum atomic E-state index is -0.119. The smallest absolute Gasteiger partial charge is 0.0723 e. The molecular formula is C61H46N2. The summed E-state index contributed by atoms with van der Waals surface area (Å²) >= 11 is 0. The molecule has 0 radical (unpaired) electrons. The molecule has 0 N–H and O–H groups in total. The summed E-state index contributed by atoms with van der Waals surface area (Å²) in [7, 11) is 0. The molecule has 0 aliphatic heterocycles. The Morgan fingerprint density at radius 1 is 0.397 bits per heavy atom. The van der Waals surface area contributed by atoms with E-state index < -0.39 is 0 Å². The second-order valence-corrected chi connectivity index (χ2v) is 17.1. The first kappa shape index (κ1) is 38.1. The fourth-order valence-electron chi connectivity index (χ4n) is 9.90. The van der Waals surface area contributed by atoms with Gasteiger partial charge in [0.2, 0.25) is 0 Å². The first-order chi connectivity index (χ1) is 31.0. The van der Waals surface area contributed by atoms with Crippen LogP contribution in [-0.4, -0.2) is 5.71 Å². The standard InChI is InChI=1S/C61H46N2/c1-61(2)56-31-19-18-30-50(56)51-36-33-49(40-57(51)61)63(47-28-16-7-17-29-47)48-34-37-53-55(39-48)59(44-22-10-4-11-23-44)52-35-32-42(38-54(52)58(53)43-20-8-3-9-21-43)41-62-60(45-24-12-5-13-25-45)46-26-14-6-15-27-46/h3-40H,41H2,1-2H3. The molecule has 1 aliphatic carbocycles. The van der Waals surface area contributed by atoms with Crippen LogP contribution in [0.1, 0.15) is 41.7 Å². The van der Waals surface area contributed by atoms with Crippen molar-refractivity contribution in [1.82, 2.24) is 0 Å². The molecule has 0 fully saturated rings. The SMILES string of the molecule is CC1(C)c2ccccc2-c2ccc(N(c3ccccc3)c3ccc4c(-c5ccccc5)c5cc(CN=C(c6ccccc6)c6ccccc6)ccc5c(-c5ccccc5)c4c3)cc21. The Labute approximate surface area is 370 Å². The van der Waals surface area contributed by atoms with Crippen LogP contribution in [0.2, 0.25) is 0 Å². The molecule has 300 valence electrons. The highest BCUT2D eigenvalue weighted by molar-refractivity contribution is 6.22. The van der Waals surface area contributed by atoms with Crippen molar-refractivity contribution in [3.05, 3.63) is 258 Å². The van der Waals surface area contributed by atoms with Gasteiger partial charge < -0.3 is 4.90 Å². The van der Waals surface area contributed by atoms with Crippen LogP contribution < -0.4 is 4.90 Å². The zero-order chi connectivity index (χ0) is 42.3. The van der Waals surface area contributed by atoms with E-state index in [2.05, 4.69) is 249 Å². The topological polar surface area (TPSA) is 15.6 Å². The minimum Gasteiger partial charge on any atom is -0.310 e. The molecule has 2 heteroatoms. The quantitative estimate of drug-likeness (QED) is 0.105. The van der Waals surface area contributed by atoms with E-state index in [0.29, 0.717) is 6.54 Å². The molecule has 0 saturated heterocycles. The summed E-state index contributed by atoms with van der Waals surface area (Å²) in [6, 6.07) is 83.7. The molecular weight excluding hydrogens is 761 g/mol. The van der Waals surface area contributed by atoms with Gasteiger partial charge in [-0.05, 0) is 114 Å². The zero-order valence-electron chi connectivity index (χ0n) is 35.5. The molecule has 1 aliphatic rings. The van der Waals surface area contributed by atoms with Crippen molar-refractivity contribution in [2.75, 3.05) is 4.90 Å². The van der Waals surface area contributed by atoms with Gasteiger partial charge in [0.05, 0.1) is 12.3 Å². The maximum Gasteiger partial charge on any atom is 0.0723 e. The van der Waals surface area contributed by atoms with E-state index in [1.165, 1.54) is 66.1 Å². The van der Waals surface area contributed by atoms with Crippen molar-refractivity contribution in [2.45, 2.75) is 25.8 Å². The second kappa shape index (κ2) is 15.9. The Hall–Kier alpha value is -7.81. The maximum atomic E-state index is 5.33. The number of hydrogen-bond donors (Lipinski definition) is 0. The first-order valence-electron chi connectivity index (χ1n) is 21.9. The van der Waals surface area contributed by atoms with Crippen LogP contribution in [0.25, 0.3) is 54.9 Å². The third kappa shape index (κ3) is 6.81. The molecule has 10 aromatic rings. The van der Waals surface area contributed by atoms with E-state index in [-0.39, 0.29) is 5.41 Å². The Morgan fingerprint density at radius 2 is 0.873 bits per heavy atom. The third-order valence-electron chi connectivity index (χ3n) is 12.9. The predicted octanol–water partition coefficient (Wildman–Crippen LogP) is 16.1. The summed E-state index contributed by atoms with van der Waals surface area (Å²) in [5, 5.41) is 4.85. The monoisotopic (exact) mass is 806 g/mol. The molecule has 63 heavy (non-hydrogen) atoms. The van der Waals surface area contributed by atoms with Crippen LogP contribution in [0.3, 0.4) is 0 Å². The van der Waals surface area contributed by atoms with Crippen molar-refractivity contribution in [2.24, 2.45) is 4.99 Å². The molecule has 11 rings (SSSR count).